The lowest BCUT2D eigenvalue weighted by atomic mass is 10.2. The van der Waals surface area contributed by atoms with Crippen LogP contribution in [0.3, 0.4) is 0 Å². The van der Waals surface area contributed by atoms with E-state index in [4.69, 9.17) is 0 Å². The van der Waals surface area contributed by atoms with Crippen molar-refractivity contribution in [2.45, 2.75) is 6.42 Å². The molecule has 56 valence electrons. The van der Waals surface area contributed by atoms with Gasteiger partial charge in [-0.25, -0.2) is 0 Å². The van der Waals surface area contributed by atoms with E-state index >= 15 is 0 Å². The molecule has 1 aliphatic heterocycles. The second-order valence-corrected chi connectivity index (χ2v) is 2.39. The molecule has 0 aliphatic carbocycles. The zero-order valence-electron chi connectivity index (χ0n) is 6.46. The first-order chi connectivity index (χ1) is 5.29. The highest BCUT2D eigenvalue weighted by Gasteiger charge is 1.86. The first-order valence-corrected chi connectivity index (χ1v) is 3.53. The molecule has 0 aromatic rings. The van der Waals surface area contributed by atoms with E-state index in [1.807, 2.05) is 24.3 Å². The minimum atomic E-state index is 0.782. The molecule has 1 aliphatic rings. The van der Waals surface area contributed by atoms with E-state index in [-0.39, 0.29) is 0 Å². The van der Waals surface area contributed by atoms with Crippen LogP contribution in [0.5, 0.6) is 0 Å². The summed E-state index contributed by atoms with van der Waals surface area (Å²) in [4.78, 5) is 4.04. The Balaban J connectivity index is 2.79. The largest absolute Gasteiger partial charge is 0.258 e. The van der Waals surface area contributed by atoms with Crippen LogP contribution in [0.2, 0.25) is 0 Å². The summed E-state index contributed by atoms with van der Waals surface area (Å²) in [5.74, 6) is 0. The molecule has 11 heavy (non-hydrogen) atoms. The topological polar surface area (TPSA) is 12.4 Å². The fourth-order valence-electron chi connectivity index (χ4n) is 0.775. The van der Waals surface area contributed by atoms with E-state index < -0.39 is 0 Å². The van der Waals surface area contributed by atoms with Gasteiger partial charge in [0.1, 0.15) is 0 Å². The first-order valence-electron chi connectivity index (χ1n) is 3.53. The molecule has 0 saturated carbocycles. The number of rotatable bonds is 0. The van der Waals surface area contributed by atoms with Crippen molar-refractivity contribution in [1.82, 2.24) is 0 Å². The zero-order valence-corrected chi connectivity index (χ0v) is 6.46. The zero-order chi connectivity index (χ0) is 8.10. The molecule has 1 heterocycles. The molecule has 1 rings (SSSR count). The van der Waals surface area contributed by atoms with Crippen molar-refractivity contribution in [3.63, 3.8) is 0 Å². The molecule has 0 N–H and O–H groups in total. The maximum absolute atomic E-state index is 4.04. The summed E-state index contributed by atoms with van der Waals surface area (Å²) < 4.78 is 0. The monoisotopic (exact) mass is 145 g/mol. The summed E-state index contributed by atoms with van der Waals surface area (Å²) >= 11 is 0. The van der Waals surface area contributed by atoms with Gasteiger partial charge in [0.15, 0.2) is 0 Å². The fraction of sp³-hybridized carbons (Fsp3) is 0.100. The Morgan fingerprint density at radius 3 is 2.91 bits per heavy atom. The maximum Gasteiger partial charge on any atom is 0.0554 e. The van der Waals surface area contributed by atoms with Crippen LogP contribution in [-0.2, 0) is 0 Å². The van der Waals surface area contributed by atoms with Gasteiger partial charge in [-0.2, -0.15) is 0 Å². The molecule has 0 bridgehead atoms. The minimum Gasteiger partial charge on any atom is -0.258 e. The maximum atomic E-state index is 4.04. The molecule has 0 spiro atoms. The van der Waals surface area contributed by atoms with Gasteiger partial charge in [0.2, 0.25) is 0 Å². The third-order valence-corrected chi connectivity index (χ3v) is 1.35. The van der Waals surface area contributed by atoms with Gasteiger partial charge in [-0.1, -0.05) is 30.9 Å². The van der Waals surface area contributed by atoms with Gasteiger partial charge in [0, 0.05) is 6.21 Å². The van der Waals surface area contributed by atoms with Crippen molar-refractivity contribution in [2.75, 3.05) is 0 Å². The summed E-state index contributed by atoms with van der Waals surface area (Å²) in [6.45, 7) is 7.59. The number of hydrogen-bond donors (Lipinski definition) is 0. The second kappa shape index (κ2) is 3.71. The van der Waals surface area contributed by atoms with Crippen molar-refractivity contribution < 1.29 is 0 Å². The summed E-state index contributed by atoms with van der Waals surface area (Å²) in [5, 5.41) is 0. The number of hydrogen-bond acceptors (Lipinski definition) is 1. The van der Waals surface area contributed by atoms with Crippen LogP contribution in [0.25, 0.3) is 0 Å². The van der Waals surface area contributed by atoms with Crippen LogP contribution < -0.4 is 0 Å². The highest BCUT2D eigenvalue weighted by atomic mass is 14.7. The summed E-state index contributed by atoms with van der Waals surface area (Å²) in [5.41, 5.74) is 1.87. The number of aliphatic imine (C=N–C) groups is 1. The molecule has 0 atom stereocenters. The van der Waals surface area contributed by atoms with E-state index in [2.05, 4.69) is 18.2 Å². The third kappa shape index (κ3) is 2.80. The molecule has 1 nitrogen and oxygen atoms in total. The van der Waals surface area contributed by atoms with Gasteiger partial charge in [-0.05, 0) is 18.6 Å². The predicted octanol–water partition coefficient (Wildman–Crippen LogP) is 2.64. The number of nitrogens with zero attached hydrogens (tertiary/aromatic N) is 1. The van der Waals surface area contributed by atoms with Crippen LogP contribution in [0.1, 0.15) is 6.42 Å². The van der Waals surface area contributed by atoms with Crippen molar-refractivity contribution in [2.24, 2.45) is 4.99 Å². The van der Waals surface area contributed by atoms with E-state index in [1.165, 1.54) is 0 Å². The lowest BCUT2D eigenvalue weighted by Gasteiger charge is -1.89. The summed E-state index contributed by atoms with van der Waals surface area (Å²) in [6.07, 6.45) is 10.3. The highest BCUT2D eigenvalue weighted by molar-refractivity contribution is 5.73. The van der Waals surface area contributed by atoms with Gasteiger partial charge in [0.05, 0.1) is 5.70 Å². The van der Waals surface area contributed by atoms with Crippen LogP contribution in [0.15, 0.2) is 53.7 Å². The molecule has 0 fully saturated rings. The van der Waals surface area contributed by atoms with Gasteiger partial charge < -0.3 is 0 Å². The summed E-state index contributed by atoms with van der Waals surface area (Å²) in [7, 11) is 0. The van der Waals surface area contributed by atoms with Crippen molar-refractivity contribution in [3.8, 4) is 0 Å². The second-order valence-electron chi connectivity index (χ2n) is 2.39. The van der Waals surface area contributed by atoms with Gasteiger partial charge in [0.25, 0.3) is 0 Å². The SMILES string of the molecule is C=C1/C=C\C=NC(=C)/C=C\C1. The Labute approximate surface area is 67.2 Å². The standard InChI is InChI=1S/C10H11N/c1-9-5-3-7-10(2)11-8-4-6-9/h3-4,6-8H,1-2,5H2/b6-4-,7-3-,11-8?. The van der Waals surface area contributed by atoms with Crippen LogP contribution >= 0.6 is 0 Å². The first kappa shape index (κ1) is 7.73. The normalized spacial score (nSPS) is 23.6. The Hall–Kier alpha value is -1.37. The van der Waals surface area contributed by atoms with Crippen LogP contribution in [-0.4, -0.2) is 6.21 Å². The average molecular weight is 145 g/mol. The Bertz CT molecular complexity index is 254. The van der Waals surface area contributed by atoms with E-state index in [0.29, 0.717) is 0 Å². The average Bonchev–Trinajstić information content (AvgIpc) is 2.04. The molecule has 0 amide bonds. The molecule has 0 radical (unpaired) electrons. The van der Waals surface area contributed by atoms with E-state index in [0.717, 1.165) is 17.7 Å². The lowest BCUT2D eigenvalue weighted by Crippen LogP contribution is -1.69. The van der Waals surface area contributed by atoms with E-state index in [9.17, 15) is 0 Å². The highest BCUT2D eigenvalue weighted by Crippen LogP contribution is 2.05. The molecule has 1 heteroatoms. The predicted molar refractivity (Wildman–Crippen MR) is 49.7 cm³/mol. The van der Waals surface area contributed by atoms with Crippen molar-refractivity contribution in [1.29, 1.82) is 0 Å². The molecule has 0 aromatic carbocycles. The number of allylic oxidation sites excluding steroid dienone is 5. The lowest BCUT2D eigenvalue weighted by molar-refractivity contribution is 1.29. The molecular weight excluding hydrogens is 134 g/mol. The van der Waals surface area contributed by atoms with Crippen molar-refractivity contribution in [3.05, 3.63) is 48.7 Å². The Kier molecular flexibility index (Phi) is 2.61. The molecule has 0 unspecified atom stereocenters. The Morgan fingerprint density at radius 2 is 2.09 bits per heavy atom. The van der Waals surface area contributed by atoms with Crippen LogP contribution in [0.4, 0.5) is 0 Å². The van der Waals surface area contributed by atoms with Gasteiger partial charge in [-0.15, -0.1) is 0 Å². The Morgan fingerprint density at radius 1 is 1.27 bits per heavy atom. The van der Waals surface area contributed by atoms with Crippen molar-refractivity contribution >= 4 is 6.21 Å². The molecular formula is C10H11N. The van der Waals surface area contributed by atoms with Gasteiger partial charge in [-0.3, -0.25) is 4.99 Å². The van der Waals surface area contributed by atoms with Crippen LogP contribution in [0, 0.1) is 0 Å². The molecule has 0 saturated heterocycles. The third-order valence-electron chi connectivity index (χ3n) is 1.35. The fourth-order valence-corrected chi connectivity index (χ4v) is 0.775. The molecule has 0 aromatic heterocycles. The smallest absolute Gasteiger partial charge is 0.0554 e. The van der Waals surface area contributed by atoms with Gasteiger partial charge >= 0.3 is 0 Å². The minimum absolute atomic E-state index is 0.782. The summed E-state index contributed by atoms with van der Waals surface area (Å²) in [6, 6.07) is 0. The quantitative estimate of drug-likeness (QED) is 0.497. The van der Waals surface area contributed by atoms with E-state index in [1.54, 1.807) is 6.21 Å².